The van der Waals surface area contributed by atoms with Crippen LogP contribution in [0.15, 0.2) is 60.4 Å². The zero-order chi connectivity index (χ0) is 15.7. The van der Waals surface area contributed by atoms with E-state index in [-0.39, 0.29) is 5.56 Å². The fraction of sp³-hybridized carbons (Fsp3) is 0.0588. The van der Waals surface area contributed by atoms with Gasteiger partial charge in [-0.2, -0.15) is 0 Å². The Balaban J connectivity index is 2.23. The molecule has 0 unspecified atom stereocenters. The molecule has 0 radical (unpaired) electrons. The smallest absolute Gasteiger partial charge is 0.134 e. The molecule has 0 fully saturated rings. The van der Waals surface area contributed by atoms with Crippen molar-refractivity contribution in [2.45, 2.75) is 6.92 Å². The first-order valence-corrected chi connectivity index (χ1v) is 7.06. The largest absolute Gasteiger partial charge is 0.288 e. The van der Waals surface area contributed by atoms with Crippen molar-refractivity contribution in [2.24, 2.45) is 0 Å². The summed E-state index contributed by atoms with van der Waals surface area (Å²) >= 11 is 5.98. The maximum atomic E-state index is 14.2. The second-order valence-electron chi connectivity index (χ2n) is 4.93. The van der Waals surface area contributed by atoms with Gasteiger partial charge < -0.3 is 0 Å². The molecule has 5 heteroatoms. The summed E-state index contributed by atoms with van der Waals surface area (Å²) in [6.45, 7) is 1.81. The van der Waals surface area contributed by atoms with Gasteiger partial charge in [-0.1, -0.05) is 36.4 Å². The monoisotopic (exact) mass is 318 g/mol. The van der Waals surface area contributed by atoms with E-state index in [9.17, 15) is 8.78 Å². The predicted molar refractivity (Wildman–Crippen MR) is 84.2 cm³/mol. The van der Waals surface area contributed by atoms with E-state index in [0.717, 1.165) is 5.56 Å². The zero-order valence-corrected chi connectivity index (χ0v) is 12.5. The highest BCUT2D eigenvalue weighted by molar-refractivity contribution is 6.16. The van der Waals surface area contributed by atoms with Crippen LogP contribution in [0.25, 0.3) is 11.1 Å². The maximum absolute atomic E-state index is 14.2. The Morgan fingerprint density at radius 3 is 2.23 bits per heavy atom. The van der Waals surface area contributed by atoms with E-state index in [4.69, 9.17) is 11.8 Å². The number of rotatable bonds is 2. The lowest BCUT2D eigenvalue weighted by Gasteiger charge is -2.27. The fourth-order valence-corrected chi connectivity index (χ4v) is 2.77. The van der Waals surface area contributed by atoms with Crippen LogP contribution in [0.1, 0.15) is 18.1 Å². The third kappa shape index (κ3) is 2.57. The lowest BCUT2D eigenvalue weighted by Crippen LogP contribution is -2.28. The number of benzene rings is 2. The quantitative estimate of drug-likeness (QED) is 0.807. The number of allylic oxidation sites excluding steroid dienone is 3. The standard InChI is InChI=1S/C17H13ClF2N2/c1-11-16(12-6-3-2-4-7-12)13(10-22(18)21-11)17-14(19)8-5-9-15(17)20/h2-10,21H,1H3. The van der Waals surface area contributed by atoms with Gasteiger partial charge in [-0.25, -0.2) is 13.3 Å². The molecule has 1 aliphatic heterocycles. The van der Waals surface area contributed by atoms with Crippen LogP contribution < -0.4 is 5.43 Å². The average molecular weight is 319 g/mol. The highest BCUT2D eigenvalue weighted by Crippen LogP contribution is 2.38. The van der Waals surface area contributed by atoms with Crippen molar-refractivity contribution in [2.75, 3.05) is 0 Å². The average Bonchev–Trinajstić information content (AvgIpc) is 2.47. The van der Waals surface area contributed by atoms with E-state index in [1.165, 1.54) is 28.9 Å². The molecule has 1 heterocycles. The first-order valence-electron chi connectivity index (χ1n) is 6.72. The minimum absolute atomic E-state index is 0.0900. The van der Waals surface area contributed by atoms with Crippen LogP contribution >= 0.6 is 11.8 Å². The van der Waals surface area contributed by atoms with Crippen LogP contribution in [0, 0.1) is 11.6 Å². The van der Waals surface area contributed by atoms with Crippen LogP contribution in [-0.4, -0.2) is 4.53 Å². The number of halogens is 3. The maximum Gasteiger partial charge on any atom is 0.134 e. The highest BCUT2D eigenvalue weighted by Gasteiger charge is 2.24. The van der Waals surface area contributed by atoms with Crippen LogP contribution in [0.4, 0.5) is 8.78 Å². The minimum Gasteiger partial charge on any atom is -0.288 e. The van der Waals surface area contributed by atoms with Gasteiger partial charge in [0.25, 0.3) is 0 Å². The van der Waals surface area contributed by atoms with E-state index < -0.39 is 11.6 Å². The number of hydrazine groups is 1. The summed E-state index contributed by atoms with van der Waals surface area (Å²) in [5, 5.41) is 0. The van der Waals surface area contributed by atoms with Gasteiger partial charge in [0.2, 0.25) is 0 Å². The molecule has 0 saturated carbocycles. The van der Waals surface area contributed by atoms with Gasteiger partial charge in [-0.05, 0) is 24.6 Å². The molecule has 0 aromatic heterocycles. The molecule has 22 heavy (non-hydrogen) atoms. The van der Waals surface area contributed by atoms with Crippen molar-refractivity contribution < 1.29 is 8.78 Å². The number of hydrogen-bond acceptors (Lipinski definition) is 2. The van der Waals surface area contributed by atoms with Crippen molar-refractivity contribution >= 4 is 22.9 Å². The Labute approximate surface area is 132 Å². The lowest BCUT2D eigenvalue weighted by molar-refractivity contribution is 0.494. The topological polar surface area (TPSA) is 15.3 Å². The molecule has 1 aliphatic rings. The van der Waals surface area contributed by atoms with Gasteiger partial charge >= 0.3 is 0 Å². The molecule has 0 bridgehead atoms. The fourth-order valence-electron chi connectivity index (χ4n) is 2.55. The summed E-state index contributed by atoms with van der Waals surface area (Å²) in [5.74, 6) is -1.25. The third-order valence-corrected chi connectivity index (χ3v) is 3.64. The van der Waals surface area contributed by atoms with E-state index in [2.05, 4.69) is 5.43 Å². The van der Waals surface area contributed by atoms with Crippen molar-refractivity contribution in [1.82, 2.24) is 9.95 Å². The van der Waals surface area contributed by atoms with Crippen molar-refractivity contribution in [1.29, 1.82) is 0 Å². The molecule has 0 saturated heterocycles. The molecule has 3 rings (SSSR count). The Hall–Kier alpha value is -2.33. The third-order valence-electron chi connectivity index (χ3n) is 3.46. The molecule has 2 aromatic rings. The van der Waals surface area contributed by atoms with E-state index in [1.54, 1.807) is 0 Å². The molecule has 112 valence electrons. The first-order chi connectivity index (χ1) is 10.6. The van der Waals surface area contributed by atoms with Crippen LogP contribution in [0.2, 0.25) is 0 Å². The van der Waals surface area contributed by atoms with E-state index >= 15 is 0 Å². The van der Waals surface area contributed by atoms with Crippen molar-refractivity contribution in [3.63, 3.8) is 0 Å². The normalized spacial score (nSPS) is 14.7. The molecule has 2 aromatic carbocycles. The Morgan fingerprint density at radius 1 is 0.955 bits per heavy atom. The predicted octanol–water partition coefficient (Wildman–Crippen LogP) is 4.71. The van der Waals surface area contributed by atoms with Gasteiger partial charge in [0, 0.05) is 34.8 Å². The molecule has 0 atom stereocenters. The molecule has 0 aliphatic carbocycles. The SMILES string of the molecule is CC1=C(c2ccccc2)C(c2c(F)cccc2F)=CN(Cl)N1. The summed E-state index contributed by atoms with van der Waals surface area (Å²) in [7, 11) is 0. The first kappa shape index (κ1) is 14.6. The van der Waals surface area contributed by atoms with Gasteiger partial charge in [-0.3, -0.25) is 5.43 Å². The zero-order valence-electron chi connectivity index (χ0n) is 11.8. The summed E-state index contributed by atoms with van der Waals surface area (Å²) in [6.07, 6.45) is 1.47. The molecular weight excluding hydrogens is 306 g/mol. The Morgan fingerprint density at radius 2 is 1.59 bits per heavy atom. The van der Waals surface area contributed by atoms with Crippen molar-refractivity contribution in [3.05, 3.63) is 83.2 Å². The Kier molecular flexibility index (Phi) is 3.86. The Bertz CT molecular complexity index is 749. The summed E-state index contributed by atoms with van der Waals surface area (Å²) in [6, 6.07) is 13.2. The van der Waals surface area contributed by atoms with E-state index in [0.29, 0.717) is 16.8 Å². The molecule has 2 nitrogen and oxygen atoms in total. The molecule has 0 spiro atoms. The summed E-state index contributed by atoms with van der Waals surface area (Å²) in [4.78, 5) is 0. The number of nitrogens with one attached hydrogen (secondary N) is 1. The minimum atomic E-state index is -0.626. The van der Waals surface area contributed by atoms with Crippen molar-refractivity contribution in [3.8, 4) is 0 Å². The van der Waals surface area contributed by atoms with Gasteiger partial charge in [0.15, 0.2) is 0 Å². The molecule has 1 N–H and O–H groups in total. The number of nitrogens with zero attached hydrogens (tertiary/aromatic N) is 1. The van der Waals surface area contributed by atoms with Crippen LogP contribution in [-0.2, 0) is 0 Å². The second-order valence-corrected chi connectivity index (χ2v) is 5.29. The summed E-state index contributed by atoms with van der Waals surface area (Å²) < 4.78 is 29.6. The van der Waals surface area contributed by atoms with E-state index in [1.807, 2.05) is 37.3 Å². The second kappa shape index (κ2) is 5.81. The van der Waals surface area contributed by atoms with Gasteiger partial charge in [-0.15, -0.1) is 0 Å². The van der Waals surface area contributed by atoms with Gasteiger partial charge in [0.05, 0.1) is 5.56 Å². The highest BCUT2D eigenvalue weighted by atomic mass is 35.5. The van der Waals surface area contributed by atoms with Crippen LogP contribution in [0.5, 0.6) is 0 Å². The molecule has 0 amide bonds. The number of hydrogen-bond donors (Lipinski definition) is 1. The molecular formula is C17H13ClF2N2. The lowest BCUT2D eigenvalue weighted by atomic mass is 9.90. The summed E-state index contributed by atoms with van der Waals surface area (Å²) in [5.41, 5.74) is 5.50. The van der Waals surface area contributed by atoms with Gasteiger partial charge in [0.1, 0.15) is 11.6 Å². The van der Waals surface area contributed by atoms with Crippen LogP contribution in [0.3, 0.4) is 0 Å².